The van der Waals surface area contributed by atoms with Crippen LogP contribution >= 0.6 is 0 Å². The minimum atomic E-state index is -0.207. The van der Waals surface area contributed by atoms with Crippen LogP contribution in [0.25, 0.3) is 0 Å². The fourth-order valence-electron chi connectivity index (χ4n) is 4.05. The highest BCUT2D eigenvalue weighted by molar-refractivity contribution is 5.27. The first-order chi connectivity index (χ1) is 7.66. The highest BCUT2D eigenvalue weighted by Crippen LogP contribution is 2.58. The quantitative estimate of drug-likeness (QED) is 0.706. The fourth-order valence-corrected chi connectivity index (χ4v) is 4.05. The summed E-state index contributed by atoms with van der Waals surface area (Å²) in [4.78, 5) is 0. The van der Waals surface area contributed by atoms with E-state index in [0.29, 0.717) is 5.92 Å². The molecule has 0 saturated heterocycles. The van der Waals surface area contributed by atoms with Gasteiger partial charge >= 0.3 is 0 Å². The molecule has 16 heavy (non-hydrogen) atoms. The van der Waals surface area contributed by atoms with Gasteiger partial charge in [-0.05, 0) is 55.8 Å². The summed E-state index contributed by atoms with van der Waals surface area (Å²) in [6.07, 6.45) is 11.0. The van der Waals surface area contributed by atoms with Crippen LogP contribution in [0.2, 0.25) is 0 Å². The van der Waals surface area contributed by atoms with Gasteiger partial charge in [0.25, 0.3) is 0 Å². The van der Waals surface area contributed by atoms with Crippen LogP contribution in [-0.4, -0.2) is 11.2 Å². The number of hydrogen-bond acceptors (Lipinski definition) is 1. The lowest BCUT2D eigenvalue weighted by Gasteiger charge is -2.27. The molecule has 2 bridgehead atoms. The van der Waals surface area contributed by atoms with Gasteiger partial charge in [0.2, 0.25) is 0 Å². The Bertz CT molecular complexity index is 339. The zero-order valence-electron chi connectivity index (χ0n) is 10.3. The van der Waals surface area contributed by atoms with Crippen LogP contribution in [0.5, 0.6) is 0 Å². The standard InChI is InChI=1S/C15H22O/c1-9(10(2)16)6-11-7-12-8-15(11)14-5-3-4-13(12)14/h3,5-6,9-10,12-16H,4,7-8H2,1-2H3. The molecule has 1 N–H and O–H groups in total. The molecular weight excluding hydrogens is 196 g/mol. The zero-order chi connectivity index (χ0) is 11.3. The van der Waals surface area contributed by atoms with E-state index in [1.807, 2.05) is 6.92 Å². The lowest BCUT2D eigenvalue weighted by Crippen LogP contribution is -2.20. The van der Waals surface area contributed by atoms with E-state index >= 15 is 0 Å². The zero-order valence-corrected chi connectivity index (χ0v) is 10.3. The van der Waals surface area contributed by atoms with E-state index < -0.39 is 0 Å². The van der Waals surface area contributed by atoms with Gasteiger partial charge in [0.1, 0.15) is 0 Å². The molecule has 6 unspecified atom stereocenters. The second kappa shape index (κ2) is 3.73. The number of aliphatic hydroxyl groups excluding tert-OH is 1. The second-order valence-corrected chi connectivity index (χ2v) is 6.05. The average molecular weight is 218 g/mol. The Morgan fingerprint density at radius 1 is 1.44 bits per heavy atom. The van der Waals surface area contributed by atoms with Gasteiger partial charge in [-0.1, -0.05) is 30.7 Å². The first-order valence-electron chi connectivity index (χ1n) is 6.72. The lowest BCUT2D eigenvalue weighted by molar-refractivity contribution is 0.156. The second-order valence-electron chi connectivity index (χ2n) is 6.05. The first kappa shape index (κ1) is 10.6. The molecule has 0 aromatic heterocycles. The molecular formula is C15H22O. The van der Waals surface area contributed by atoms with Crippen LogP contribution in [0.1, 0.15) is 33.1 Å². The summed E-state index contributed by atoms with van der Waals surface area (Å²) in [5.74, 6) is 3.88. The van der Waals surface area contributed by atoms with Crippen LogP contribution in [0, 0.1) is 29.6 Å². The number of allylic oxidation sites excluding steroid dienone is 3. The van der Waals surface area contributed by atoms with Gasteiger partial charge in [-0.25, -0.2) is 0 Å². The maximum atomic E-state index is 9.58. The molecule has 3 aliphatic rings. The van der Waals surface area contributed by atoms with Crippen molar-refractivity contribution in [3.8, 4) is 0 Å². The third kappa shape index (κ3) is 1.48. The Kier molecular flexibility index (Phi) is 2.47. The van der Waals surface area contributed by atoms with Crippen molar-refractivity contribution in [3.05, 3.63) is 23.8 Å². The Hall–Kier alpha value is -0.560. The molecule has 0 aliphatic heterocycles. The summed E-state index contributed by atoms with van der Waals surface area (Å²) >= 11 is 0. The highest BCUT2D eigenvalue weighted by atomic mass is 16.3. The maximum Gasteiger partial charge on any atom is 0.0572 e. The van der Waals surface area contributed by atoms with Crippen molar-refractivity contribution in [3.63, 3.8) is 0 Å². The number of aliphatic hydroxyl groups is 1. The molecule has 1 heteroatoms. The topological polar surface area (TPSA) is 20.2 Å². The monoisotopic (exact) mass is 218 g/mol. The predicted octanol–water partition coefficient (Wildman–Crippen LogP) is 3.16. The predicted molar refractivity (Wildman–Crippen MR) is 65.9 cm³/mol. The third-order valence-corrected chi connectivity index (χ3v) is 5.10. The van der Waals surface area contributed by atoms with Crippen LogP contribution in [0.3, 0.4) is 0 Å². The van der Waals surface area contributed by atoms with Crippen LogP contribution in [0.15, 0.2) is 23.8 Å². The molecule has 0 spiro atoms. The van der Waals surface area contributed by atoms with Crippen LogP contribution < -0.4 is 0 Å². The van der Waals surface area contributed by atoms with Crippen molar-refractivity contribution in [1.29, 1.82) is 0 Å². The molecule has 2 fully saturated rings. The normalized spacial score (nSPS) is 46.3. The summed E-state index contributed by atoms with van der Waals surface area (Å²) in [6.45, 7) is 4.03. The molecule has 3 rings (SSSR count). The van der Waals surface area contributed by atoms with Gasteiger partial charge in [-0.3, -0.25) is 0 Å². The van der Waals surface area contributed by atoms with Crippen LogP contribution in [-0.2, 0) is 0 Å². The van der Waals surface area contributed by atoms with Crippen molar-refractivity contribution in [2.45, 2.75) is 39.2 Å². The molecule has 1 nitrogen and oxygen atoms in total. The van der Waals surface area contributed by atoms with E-state index in [0.717, 1.165) is 23.7 Å². The summed E-state index contributed by atoms with van der Waals surface area (Å²) in [7, 11) is 0. The number of rotatable bonds is 2. The molecule has 88 valence electrons. The van der Waals surface area contributed by atoms with Crippen molar-refractivity contribution < 1.29 is 5.11 Å². The first-order valence-corrected chi connectivity index (χ1v) is 6.72. The minimum Gasteiger partial charge on any atom is -0.393 e. The van der Waals surface area contributed by atoms with Crippen molar-refractivity contribution >= 4 is 0 Å². The lowest BCUT2D eigenvalue weighted by atomic mass is 9.78. The minimum absolute atomic E-state index is 0.207. The maximum absolute atomic E-state index is 9.58. The van der Waals surface area contributed by atoms with Crippen molar-refractivity contribution in [2.24, 2.45) is 29.6 Å². The molecule has 2 saturated carbocycles. The van der Waals surface area contributed by atoms with Gasteiger partial charge in [0.05, 0.1) is 6.10 Å². The number of fused-ring (bicyclic) bond motifs is 5. The molecule has 6 atom stereocenters. The molecule has 0 heterocycles. The highest BCUT2D eigenvalue weighted by Gasteiger charge is 2.49. The summed E-state index contributed by atoms with van der Waals surface area (Å²) in [6, 6.07) is 0. The Balaban J connectivity index is 1.79. The van der Waals surface area contributed by atoms with Gasteiger partial charge in [0, 0.05) is 0 Å². The Morgan fingerprint density at radius 2 is 2.25 bits per heavy atom. The smallest absolute Gasteiger partial charge is 0.0572 e. The van der Waals surface area contributed by atoms with E-state index in [9.17, 15) is 5.11 Å². The van der Waals surface area contributed by atoms with Gasteiger partial charge < -0.3 is 5.11 Å². The van der Waals surface area contributed by atoms with E-state index in [-0.39, 0.29) is 6.10 Å². The van der Waals surface area contributed by atoms with E-state index in [4.69, 9.17) is 0 Å². The molecule has 0 radical (unpaired) electrons. The number of hydrogen-bond donors (Lipinski definition) is 1. The van der Waals surface area contributed by atoms with Crippen molar-refractivity contribution in [2.75, 3.05) is 0 Å². The molecule has 3 aliphatic carbocycles. The largest absolute Gasteiger partial charge is 0.393 e. The Labute approximate surface area is 98.2 Å². The van der Waals surface area contributed by atoms with Gasteiger partial charge in [-0.2, -0.15) is 0 Å². The third-order valence-electron chi connectivity index (χ3n) is 5.10. The van der Waals surface area contributed by atoms with E-state index in [2.05, 4.69) is 25.2 Å². The van der Waals surface area contributed by atoms with Crippen molar-refractivity contribution in [1.82, 2.24) is 0 Å². The van der Waals surface area contributed by atoms with E-state index in [1.165, 1.54) is 19.3 Å². The molecule has 0 aromatic carbocycles. The molecule has 0 amide bonds. The molecule has 0 aromatic rings. The average Bonchev–Trinajstić information content (AvgIpc) is 2.87. The van der Waals surface area contributed by atoms with Gasteiger partial charge in [-0.15, -0.1) is 0 Å². The van der Waals surface area contributed by atoms with E-state index in [1.54, 1.807) is 5.57 Å². The Morgan fingerprint density at radius 3 is 3.00 bits per heavy atom. The summed E-state index contributed by atoms with van der Waals surface area (Å²) in [5.41, 5.74) is 1.64. The van der Waals surface area contributed by atoms with Crippen LogP contribution in [0.4, 0.5) is 0 Å². The SMILES string of the molecule is CC(O)C(C)C=C1CC2CC1C1C=CCC21. The van der Waals surface area contributed by atoms with Gasteiger partial charge in [0.15, 0.2) is 0 Å². The summed E-state index contributed by atoms with van der Waals surface area (Å²) in [5, 5.41) is 9.58. The fraction of sp³-hybridized carbons (Fsp3) is 0.733. The summed E-state index contributed by atoms with van der Waals surface area (Å²) < 4.78 is 0.